The molecule has 0 aliphatic carbocycles. The first-order valence-corrected chi connectivity index (χ1v) is 9.74. The largest absolute Gasteiger partial charge is 0.316 e. The fourth-order valence-corrected chi connectivity index (χ4v) is 4.00. The lowest BCUT2D eigenvalue weighted by Gasteiger charge is -2.16. The van der Waals surface area contributed by atoms with Gasteiger partial charge in [0.25, 0.3) is 10.0 Å². The first-order chi connectivity index (χ1) is 12.4. The Morgan fingerprint density at radius 3 is 2.04 bits per heavy atom. The maximum atomic E-state index is 12.9. The molecule has 0 spiro atoms. The molecule has 0 saturated heterocycles. The topological polar surface area (TPSA) is 112 Å². The SMILES string of the molecule is CCc1cccc(CC)c1NS(=O)(=O)c1ccc2[nH]c(=O)c(=O)[nH]c2c1. The van der Waals surface area contributed by atoms with Gasteiger partial charge >= 0.3 is 11.1 Å². The molecular weight excluding hydrogens is 354 g/mol. The molecule has 0 aliphatic rings. The lowest BCUT2D eigenvalue weighted by molar-refractivity contribution is 0.601. The predicted octanol–water partition coefficient (Wildman–Crippen LogP) is 2.14. The number of H-pyrrole nitrogens is 2. The number of fused-ring (bicyclic) bond motifs is 1. The van der Waals surface area contributed by atoms with Crippen molar-refractivity contribution < 1.29 is 8.42 Å². The van der Waals surface area contributed by atoms with E-state index in [0.717, 1.165) is 11.1 Å². The molecular formula is C18H19N3O4S. The molecule has 136 valence electrons. The van der Waals surface area contributed by atoms with Crippen molar-refractivity contribution in [2.24, 2.45) is 0 Å². The van der Waals surface area contributed by atoms with Gasteiger partial charge in [-0.1, -0.05) is 32.0 Å². The molecule has 2 aromatic carbocycles. The van der Waals surface area contributed by atoms with E-state index in [-0.39, 0.29) is 10.4 Å². The molecule has 0 bridgehead atoms. The zero-order valence-corrected chi connectivity index (χ0v) is 15.2. The Morgan fingerprint density at radius 1 is 0.885 bits per heavy atom. The molecule has 1 aromatic heterocycles. The summed E-state index contributed by atoms with van der Waals surface area (Å²) in [6.07, 6.45) is 1.38. The Bertz CT molecular complexity index is 1170. The van der Waals surface area contributed by atoms with Crippen LogP contribution in [-0.4, -0.2) is 18.4 Å². The molecule has 0 atom stereocenters. The standard InChI is InChI=1S/C18H19N3O4S/c1-3-11-6-5-7-12(4-2)16(11)21-26(24,25)13-8-9-14-15(10-13)20-18(23)17(22)19-14/h5-10,21H,3-4H2,1-2H3,(H,19,22)(H,20,23). The summed E-state index contributed by atoms with van der Waals surface area (Å²) in [7, 11) is -3.86. The molecule has 8 heteroatoms. The first-order valence-electron chi connectivity index (χ1n) is 8.25. The number of benzene rings is 2. The molecule has 0 saturated carbocycles. The Labute approximate surface area is 150 Å². The summed E-state index contributed by atoms with van der Waals surface area (Å²) in [5, 5.41) is 0. The van der Waals surface area contributed by atoms with Crippen LogP contribution in [0.5, 0.6) is 0 Å². The molecule has 0 fully saturated rings. The number of aromatic amines is 2. The first kappa shape index (κ1) is 17.9. The predicted molar refractivity (Wildman–Crippen MR) is 101 cm³/mol. The number of anilines is 1. The Hall–Kier alpha value is -2.87. The zero-order valence-electron chi connectivity index (χ0n) is 14.4. The van der Waals surface area contributed by atoms with E-state index in [2.05, 4.69) is 14.7 Å². The third kappa shape index (κ3) is 3.28. The van der Waals surface area contributed by atoms with Crippen LogP contribution in [0.1, 0.15) is 25.0 Å². The maximum absolute atomic E-state index is 12.9. The lowest BCUT2D eigenvalue weighted by atomic mass is 10.0. The minimum Gasteiger partial charge on any atom is -0.316 e. The van der Waals surface area contributed by atoms with Crippen LogP contribution in [0.3, 0.4) is 0 Å². The minimum absolute atomic E-state index is 0.000609. The van der Waals surface area contributed by atoms with E-state index in [1.807, 2.05) is 32.0 Å². The summed E-state index contributed by atoms with van der Waals surface area (Å²) in [6.45, 7) is 3.92. The molecule has 26 heavy (non-hydrogen) atoms. The number of hydrogen-bond donors (Lipinski definition) is 3. The van der Waals surface area contributed by atoms with Crippen LogP contribution >= 0.6 is 0 Å². The van der Waals surface area contributed by atoms with Crippen molar-refractivity contribution in [2.45, 2.75) is 31.6 Å². The Balaban J connectivity index is 2.09. The second kappa shape index (κ2) is 6.80. The van der Waals surface area contributed by atoms with Gasteiger partial charge in [-0.2, -0.15) is 0 Å². The van der Waals surface area contributed by atoms with E-state index in [1.165, 1.54) is 18.2 Å². The van der Waals surface area contributed by atoms with Crippen LogP contribution in [0.4, 0.5) is 5.69 Å². The third-order valence-corrected chi connectivity index (χ3v) is 5.59. The van der Waals surface area contributed by atoms with E-state index in [0.29, 0.717) is 24.0 Å². The number of sulfonamides is 1. The highest BCUT2D eigenvalue weighted by Crippen LogP contribution is 2.26. The van der Waals surface area contributed by atoms with Gasteiger partial charge in [0.05, 0.1) is 21.6 Å². The second-order valence-corrected chi connectivity index (χ2v) is 7.56. The van der Waals surface area contributed by atoms with Gasteiger partial charge in [0.15, 0.2) is 0 Å². The highest BCUT2D eigenvalue weighted by Gasteiger charge is 2.18. The fourth-order valence-electron chi connectivity index (χ4n) is 2.83. The zero-order chi connectivity index (χ0) is 18.9. The highest BCUT2D eigenvalue weighted by molar-refractivity contribution is 7.92. The average Bonchev–Trinajstić information content (AvgIpc) is 2.62. The van der Waals surface area contributed by atoms with E-state index < -0.39 is 21.1 Å². The van der Waals surface area contributed by atoms with E-state index in [9.17, 15) is 18.0 Å². The van der Waals surface area contributed by atoms with Gasteiger partial charge in [-0.25, -0.2) is 8.42 Å². The van der Waals surface area contributed by atoms with Gasteiger partial charge in [-0.3, -0.25) is 14.3 Å². The summed E-state index contributed by atoms with van der Waals surface area (Å²) >= 11 is 0. The smallest absolute Gasteiger partial charge is 0.314 e. The summed E-state index contributed by atoms with van der Waals surface area (Å²) in [4.78, 5) is 27.7. The number of nitrogens with one attached hydrogen (secondary N) is 3. The molecule has 3 rings (SSSR count). The van der Waals surface area contributed by atoms with Crippen molar-refractivity contribution in [3.63, 3.8) is 0 Å². The van der Waals surface area contributed by atoms with Crippen molar-refractivity contribution in [3.05, 3.63) is 68.2 Å². The molecule has 7 nitrogen and oxygen atoms in total. The van der Waals surface area contributed by atoms with Crippen LogP contribution in [0, 0.1) is 0 Å². The van der Waals surface area contributed by atoms with Gasteiger partial charge in [-0.15, -0.1) is 0 Å². The van der Waals surface area contributed by atoms with Crippen molar-refractivity contribution in [3.8, 4) is 0 Å². The van der Waals surface area contributed by atoms with Crippen molar-refractivity contribution in [2.75, 3.05) is 4.72 Å². The monoisotopic (exact) mass is 373 g/mol. The molecule has 3 N–H and O–H groups in total. The normalized spacial score (nSPS) is 11.6. The second-order valence-electron chi connectivity index (χ2n) is 5.88. The summed E-state index contributed by atoms with van der Waals surface area (Å²) in [6, 6.07) is 9.85. The van der Waals surface area contributed by atoms with Gasteiger partial charge in [0.1, 0.15) is 0 Å². The molecule has 3 aromatic rings. The van der Waals surface area contributed by atoms with Crippen LogP contribution in [-0.2, 0) is 22.9 Å². The van der Waals surface area contributed by atoms with Crippen LogP contribution in [0.15, 0.2) is 50.9 Å². The van der Waals surface area contributed by atoms with Gasteiger partial charge in [0, 0.05) is 0 Å². The number of aryl methyl sites for hydroxylation is 2. The fraction of sp³-hybridized carbons (Fsp3) is 0.222. The van der Waals surface area contributed by atoms with E-state index >= 15 is 0 Å². The number of rotatable bonds is 5. The van der Waals surface area contributed by atoms with Crippen molar-refractivity contribution in [1.29, 1.82) is 0 Å². The summed E-state index contributed by atoms with van der Waals surface area (Å²) in [5.74, 6) is 0. The number of hydrogen-bond acceptors (Lipinski definition) is 4. The minimum atomic E-state index is -3.86. The van der Waals surface area contributed by atoms with E-state index in [4.69, 9.17) is 0 Å². The summed E-state index contributed by atoms with van der Waals surface area (Å²) < 4.78 is 28.4. The van der Waals surface area contributed by atoms with Crippen LogP contribution < -0.4 is 15.8 Å². The van der Waals surface area contributed by atoms with Crippen molar-refractivity contribution in [1.82, 2.24) is 9.97 Å². The Kier molecular flexibility index (Phi) is 4.69. The average molecular weight is 373 g/mol. The lowest BCUT2D eigenvalue weighted by Crippen LogP contribution is -2.29. The molecule has 0 aliphatic heterocycles. The summed E-state index contributed by atoms with van der Waals surface area (Å²) in [5.41, 5.74) is 1.40. The molecule has 0 radical (unpaired) electrons. The number of para-hydroxylation sites is 1. The molecule has 1 heterocycles. The van der Waals surface area contributed by atoms with Crippen molar-refractivity contribution >= 4 is 26.7 Å². The van der Waals surface area contributed by atoms with E-state index in [1.54, 1.807) is 0 Å². The quantitative estimate of drug-likeness (QED) is 0.595. The number of aromatic nitrogens is 2. The van der Waals surface area contributed by atoms with Gasteiger partial charge in [0.2, 0.25) is 0 Å². The van der Waals surface area contributed by atoms with Crippen LogP contribution in [0.2, 0.25) is 0 Å². The van der Waals surface area contributed by atoms with Crippen LogP contribution in [0.25, 0.3) is 11.0 Å². The molecule has 0 unspecified atom stereocenters. The Morgan fingerprint density at radius 2 is 1.46 bits per heavy atom. The van der Waals surface area contributed by atoms with Gasteiger partial charge in [-0.05, 0) is 42.2 Å². The maximum Gasteiger partial charge on any atom is 0.314 e. The third-order valence-electron chi connectivity index (χ3n) is 4.24. The molecule has 0 amide bonds. The van der Waals surface area contributed by atoms with Gasteiger partial charge < -0.3 is 9.97 Å². The highest BCUT2D eigenvalue weighted by atomic mass is 32.2.